The fourth-order valence-electron chi connectivity index (χ4n) is 1.93. The van der Waals surface area contributed by atoms with Crippen LogP contribution in [0.1, 0.15) is 6.92 Å². The molecule has 2 heterocycles. The van der Waals surface area contributed by atoms with Crippen LogP contribution in [0.5, 0.6) is 0 Å². The zero-order chi connectivity index (χ0) is 14.1. The lowest BCUT2D eigenvalue weighted by molar-refractivity contribution is -0.114. The van der Waals surface area contributed by atoms with Crippen molar-refractivity contribution in [2.45, 2.75) is 6.92 Å². The van der Waals surface area contributed by atoms with Crippen LogP contribution in [0.3, 0.4) is 0 Å². The molecule has 6 heteroatoms. The van der Waals surface area contributed by atoms with E-state index in [4.69, 9.17) is 0 Å². The number of aromatic nitrogens is 3. The summed E-state index contributed by atoms with van der Waals surface area (Å²) in [5.74, 6) is 0.564. The van der Waals surface area contributed by atoms with Gasteiger partial charge in [0.25, 0.3) is 0 Å². The lowest BCUT2D eigenvalue weighted by atomic mass is 10.1. The fourth-order valence-corrected chi connectivity index (χ4v) is 2.25. The Hall–Kier alpha value is -2.21. The molecule has 0 bridgehead atoms. The molecule has 0 aliphatic carbocycles. The van der Waals surface area contributed by atoms with Crippen LogP contribution in [0.25, 0.3) is 17.0 Å². The molecule has 1 N–H and O–H groups in total. The molecule has 5 nitrogen and oxygen atoms in total. The summed E-state index contributed by atoms with van der Waals surface area (Å²) in [7, 11) is 0. The van der Waals surface area contributed by atoms with E-state index in [9.17, 15) is 4.79 Å². The quantitative estimate of drug-likeness (QED) is 0.785. The number of amides is 1. The third kappa shape index (κ3) is 2.55. The van der Waals surface area contributed by atoms with Gasteiger partial charge in [-0.2, -0.15) is 0 Å². The maximum Gasteiger partial charge on any atom is 0.234 e. The highest BCUT2D eigenvalue weighted by molar-refractivity contribution is 9.10. The van der Waals surface area contributed by atoms with Gasteiger partial charge in [-0.3, -0.25) is 9.20 Å². The summed E-state index contributed by atoms with van der Waals surface area (Å²) in [6, 6.07) is 7.54. The van der Waals surface area contributed by atoms with Gasteiger partial charge in [-0.25, -0.2) is 9.97 Å². The van der Waals surface area contributed by atoms with Crippen molar-refractivity contribution < 1.29 is 4.79 Å². The predicted molar refractivity (Wildman–Crippen MR) is 80.4 cm³/mol. The molecule has 20 heavy (non-hydrogen) atoms. The first kappa shape index (κ1) is 12.8. The number of anilines is 1. The smallest absolute Gasteiger partial charge is 0.234 e. The molecular formula is C14H11BrN4O. The van der Waals surface area contributed by atoms with Crippen LogP contribution in [-0.2, 0) is 4.79 Å². The van der Waals surface area contributed by atoms with Gasteiger partial charge in [0, 0.05) is 36.8 Å². The summed E-state index contributed by atoms with van der Waals surface area (Å²) in [5.41, 5.74) is 2.58. The summed E-state index contributed by atoms with van der Waals surface area (Å²) >= 11 is 3.38. The molecule has 1 aromatic carbocycles. The zero-order valence-corrected chi connectivity index (χ0v) is 12.3. The van der Waals surface area contributed by atoms with Crippen LogP contribution < -0.4 is 5.32 Å². The average Bonchev–Trinajstić information content (AvgIpc) is 2.81. The first-order valence-electron chi connectivity index (χ1n) is 6.00. The normalized spacial score (nSPS) is 10.7. The first-order chi connectivity index (χ1) is 9.61. The van der Waals surface area contributed by atoms with Gasteiger partial charge >= 0.3 is 0 Å². The van der Waals surface area contributed by atoms with Crippen molar-refractivity contribution in [1.29, 1.82) is 0 Å². The Morgan fingerprint density at radius 3 is 2.70 bits per heavy atom. The van der Waals surface area contributed by atoms with Crippen LogP contribution in [0.15, 0.2) is 47.3 Å². The maximum absolute atomic E-state index is 11.0. The topological polar surface area (TPSA) is 59.3 Å². The van der Waals surface area contributed by atoms with E-state index in [1.165, 1.54) is 6.92 Å². The van der Waals surface area contributed by atoms with Crippen molar-refractivity contribution in [3.63, 3.8) is 0 Å². The number of nitrogens with one attached hydrogen (secondary N) is 1. The number of nitrogens with zero attached hydrogens (tertiary/aromatic N) is 3. The molecule has 0 radical (unpaired) electrons. The van der Waals surface area contributed by atoms with E-state index >= 15 is 0 Å². The van der Waals surface area contributed by atoms with E-state index in [1.807, 2.05) is 41.1 Å². The number of benzene rings is 1. The summed E-state index contributed by atoms with van der Waals surface area (Å²) in [4.78, 5) is 19.7. The van der Waals surface area contributed by atoms with Gasteiger partial charge in [-0.15, -0.1) is 0 Å². The molecule has 0 saturated heterocycles. The third-order valence-electron chi connectivity index (χ3n) is 2.78. The second-order valence-electron chi connectivity index (χ2n) is 4.36. The number of carbonyl (C=O) groups is 1. The fraction of sp³-hybridized carbons (Fsp3) is 0.0714. The molecule has 2 aromatic heterocycles. The minimum absolute atomic E-state index is 0.0838. The number of hydrogen-bond donors (Lipinski definition) is 1. The van der Waals surface area contributed by atoms with E-state index in [0.717, 1.165) is 21.4 Å². The second kappa shape index (κ2) is 5.05. The Morgan fingerprint density at radius 2 is 2.00 bits per heavy atom. The Bertz CT molecular complexity index is 779. The lowest BCUT2D eigenvalue weighted by Gasteiger charge is -2.02. The number of fused-ring (bicyclic) bond motifs is 1. The Labute approximate surface area is 123 Å². The van der Waals surface area contributed by atoms with Crippen molar-refractivity contribution >= 4 is 33.3 Å². The standard InChI is InChI=1S/C14H11BrN4O/c1-9(20)17-12-4-2-10(3-5-12)13-8-19-7-11(15)6-16-14(19)18-13/h2-8H,1H3,(H,17,20). The molecule has 0 atom stereocenters. The summed E-state index contributed by atoms with van der Waals surface area (Å²) in [6.45, 7) is 1.49. The number of halogens is 1. The van der Waals surface area contributed by atoms with E-state index < -0.39 is 0 Å². The minimum Gasteiger partial charge on any atom is -0.326 e. The van der Waals surface area contributed by atoms with E-state index in [2.05, 4.69) is 31.2 Å². The molecule has 0 aliphatic heterocycles. The van der Waals surface area contributed by atoms with Crippen molar-refractivity contribution in [2.75, 3.05) is 5.32 Å². The molecule has 3 rings (SSSR count). The molecule has 0 fully saturated rings. The number of rotatable bonds is 2. The molecule has 100 valence electrons. The summed E-state index contributed by atoms with van der Waals surface area (Å²) in [5, 5.41) is 2.73. The Morgan fingerprint density at radius 1 is 1.25 bits per heavy atom. The predicted octanol–water partition coefficient (Wildman–Crippen LogP) is 3.12. The highest BCUT2D eigenvalue weighted by atomic mass is 79.9. The van der Waals surface area contributed by atoms with Gasteiger partial charge in [-0.1, -0.05) is 12.1 Å². The molecule has 1 amide bonds. The molecule has 0 aliphatic rings. The maximum atomic E-state index is 11.0. The second-order valence-corrected chi connectivity index (χ2v) is 5.28. The van der Waals surface area contributed by atoms with Gasteiger partial charge in [0.15, 0.2) is 0 Å². The molecule has 0 unspecified atom stereocenters. The third-order valence-corrected chi connectivity index (χ3v) is 3.19. The summed E-state index contributed by atoms with van der Waals surface area (Å²) < 4.78 is 2.76. The minimum atomic E-state index is -0.0838. The van der Waals surface area contributed by atoms with Crippen LogP contribution in [-0.4, -0.2) is 20.3 Å². The van der Waals surface area contributed by atoms with Crippen LogP contribution in [0.4, 0.5) is 5.69 Å². The number of carbonyl (C=O) groups excluding carboxylic acids is 1. The molecule has 0 saturated carbocycles. The van der Waals surface area contributed by atoms with E-state index in [1.54, 1.807) is 6.20 Å². The van der Waals surface area contributed by atoms with Crippen LogP contribution >= 0.6 is 15.9 Å². The van der Waals surface area contributed by atoms with Crippen molar-refractivity contribution in [3.05, 3.63) is 47.3 Å². The molecule has 0 spiro atoms. The van der Waals surface area contributed by atoms with E-state index in [-0.39, 0.29) is 5.91 Å². The van der Waals surface area contributed by atoms with Crippen molar-refractivity contribution in [3.8, 4) is 11.3 Å². The monoisotopic (exact) mass is 330 g/mol. The Balaban J connectivity index is 1.96. The van der Waals surface area contributed by atoms with Gasteiger partial charge in [0.1, 0.15) is 0 Å². The molecule has 3 aromatic rings. The summed E-state index contributed by atoms with van der Waals surface area (Å²) in [6.07, 6.45) is 5.54. The van der Waals surface area contributed by atoms with Gasteiger partial charge < -0.3 is 5.32 Å². The molecular weight excluding hydrogens is 320 g/mol. The van der Waals surface area contributed by atoms with Gasteiger partial charge in [-0.05, 0) is 28.1 Å². The lowest BCUT2D eigenvalue weighted by Crippen LogP contribution is -2.05. The highest BCUT2D eigenvalue weighted by Crippen LogP contribution is 2.21. The highest BCUT2D eigenvalue weighted by Gasteiger charge is 2.06. The van der Waals surface area contributed by atoms with Gasteiger partial charge in [0.05, 0.1) is 10.2 Å². The zero-order valence-electron chi connectivity index (χ0n) is 10.7. The largest absolute Gasteiger partial charge is 0.326 e. The Kier molecular flexibility index (Phi) is 3.23. The average molecular weight is 331 g/mol. The van der Waals surface area contributed by atoms with Gasteiger partial charge in [0.2, 0.25) is 11.7 Å². The van der Waals surface area contributed by atoms with Crippen LogP contribution in [0.2, 0.25) is 0 Å². The van der Waals surface area contributed by atoms with Crippen molar-refractivity contribution in [2.24, 2.45) is 0 Å². The number of imidazole rings is 1. The number of hydrogen-bond acceptors (Lipinski definition) is 3. The van der Waals surface area contributed by atoms with E-state index in [0.29, 0.717) is 5.78 Å². The van der Waals surface area contributed by atoms with Crippen LogP contribution in [0, 0.1) is 0 Å². The SMILES string of the molecule is CC(=O)Nc1ccc(-c2cn3cc(Br)cnc3n2)cc1. The van der Waals surface area contributed by atoms with Crippen molar-refractivity contribution in [1.82, 2.24) is 14.4 Å². The first-order valence-corrected chi connectivity index (χ1v) is 6.79.